The topological polar surface area (TPSA) is 54.5 Å². The molecule has 25 heavy (non-hydrogen) atoms. The van der Waals surface area contributed by atoms with Gasteiger partial charge in [0.2, 0.25) is 5.82 Å². The molecule has 3 aromatic rings. The molecule has 0 fully saturated rings. The third-order valence-corrected chi connectivity index (χ3v) is 4.60. The van der Waals surface area contributed by atoms with E-state index in [0.29, 0.717) is 5.82 Å². The number of hydrogen-bond acceptors (Lipinski definition) is 3. The highest BCUT2D eigenvalue weighted by atomic mass is 15.5. The number of H-pyrrole nitrogens is 1. The average molecular weight is 334 g/mol. The summed E-state index contributed by atoms with van der Waals surface area (Å²) in [5, 5.41) is 14.4. The summed E-state index contributed by atoms with van der Waals surface area (Å²) in [6.07, 6.45) is 9.21. The first-order chi connectivity index (χ1) is 12.4. The third-order valence-electron chi connectivity index (χ3n) is 4.60. The zero-order valence-corrected chi connectivity index (χ0v) is 14.9. The lowest BCUT2D eigenvalue weighted by Gasteiger charge is -2.08. The van der Waals surface area contributed by atoms with Gasteiger partial charge in [-0.25, -0.2) is 0 Å². The minimum absolute atomic E-state index is 0.631. The lowest BCUT2D eigenvalue weighted by molar-refractivity contribution is 0.607. The van der Waals surface area contributed by atoms with Crippen LogP contribution in [0.3, 0.4) is 0 Å². The van der Waals surface area contributed by atoms with Crippen LogP contribution < -0.4 is 0 Å². The van der Waals surface area contributed by atoms with E-state index in [4.69, 9.17) is 0 Å². The maximum Gasteiger partial charge on any atom is 0.205 e. The van der Waals surface area contributed by atoms with Gasteiger partial charge in [-0.15, -0.1) is 10.2 Å². The van der Waals surface area contributed by atoms with Crippen LogP contribution in [-0.2, 0) is 6.42 Å². The fourth-order valence-corrected chi connectivity index (χ4v) is 3.17. The molecule has 1 N–H and O–H groups in total. The van der Waals surface area contributed by atoms with E-state index in [1.54, 1.807) is 0 Å². The minimum Gasteiger partial charge on any atom is -0.177 e. The van der Waals surface area contributed by atoms with E-state index in [9.17, 15) is 0 Å². The molecule has 2 aromatic carbocycles. The molecule has 0 aliphatic carbocycles. The number of aromatic nitrogens is 4. The molecule has 1 aromatic heterocycles. The number of aryl methyl sites for hydroxylation is 1. The second-order valence-electron chi connectivity index (χ2n) is 6.50. The van der Waals surface area contributed by atoms with Crippen molar-refractivity contribution in [1.82, 2.24) is 20.6 Å². The summed E-state index contributed by atoms with van der Waals surface area (Å²) < 4.78 is 0. The summed E-state index contributed by atoms with van der Waals surface area (Å²) in [4.78, 5) is 0. The van der Waals surface area contributed by atoms with E-state index < -0.39 is 0 Å². The van der Waals surface area contributed by atoms with Gasteiger partial charge in [-0.2, -0.15) is 5.21 Å². The van der Waals surface area contributed by atoms with Crippen molar-refractivity contribution in [3.05, 3.63) is 54.1 Å². The minimum atomic E-state index is 0.631. The Kier molecular flexibility index (Phi) is 6.32. The predicted octanol–water partition coefficient (Wildman–Crippen LogP) is 5.44. The quantitative estimate of drug-likeness (QED) is 0.530. The van der Waals surface area contributed by atoms with E-state index in [1.807, 2.05) is 18.2 Å². The van der Waals surface area contributed by atoms with Crippen molar-refractivity contribution in [2.75, 3.05) is 0 Å². The van der Waals surface area contributed by atoms with Crippen LogP contribution >= 0.6 is 0 Å². The summed E-state index contributed by atoms with van der Waals surface area (Å²) in [7, 11) is 0. The molecule has 0 bridgehead atoms. The van der Waals surface area contributed by atoms with Gasteiger partial charge in [0.1, 0.15) is 0 Å². The van der Waals surface area contributed by atoms with Crippen LogP contribution in [0.2, 0.25) is 0 Å². The zero-order valence-electron chi connectivity index (χ0n) is 14.9. The smallest absolute Gasteiger partial charge is 0.177 e. The Hall–Kier alpha value is -2.49. The van der Waals surface area contributed by atoms with Gasteiger partial charge in [0.25, 0.3) is 0 Å². The van der Waals surface area contributed by atoms with E-state index in [-0.39, 0.29) is 0 Å². The summed E-state index contributed by atoms with van der Waals surface area (Å²) >= 11 is 0. The van der Waals surface area contributed by atoms with Crippen LogP contribution in [0.15, 0.2) is 48.5 Å². The first-order valence-electron chi connectivity index (χ1n) is 9.30. The Morgan fingerprint density at radius 1 is 0.800 bits per heavy atom. The second-order valence-corrected chi connectivity index (χ2v) is 6.50. The number of tetrazole rings is 1. The standard InChI is InChI=1S/C21H26N4/c1-2-3-4-5-6-7-10-17-13-15-18(16-14-17)19-11-8-9-12-20(19)21-22-24-25-23-21/h8-9,11-16H,2-7,10H2,1H3,(H,22,23,24,25). The van der Waals surface area contributed by atoms with Gasteiger partial charge in [-0.05, 0) is 34.7 Å². The molecule has 0 saturated carbocycles. The Morgan fingerprint density at radius 2 is 1.52 bits per heavy atom. The molecule has 0 amide bonds. The predicted molar refractivity (Wildman–Crippen MR) is 102 cm³/mol. The molecule has 0 unspecified atom stereocenters. The summed E-state index contributed by atoms with van der Waals surface area (Å²) in [6, 6.07) is 17.1. The van der Waals surface area contributed by atoms with Gasteiger partial charge in [0.15, 0.2) is 0 Å². The Labute approximate surface area is 149 Å². The van der Waals surface area contributed by atoms with Crippen molar-refractivity contribution in [1.29, 1.82) is 0 Å². The first kappa shape index (κ1) is 17.3. The molecule has 1 heterocycles. The van der Waals surface area contributed by atoms with Crippen molar-refractivity contribution in [2.24, 2.45) is 0 Å². The number of hydrogen-bond donors (Lipinski definition) is 1. The van der Waals surface area contributed by atoms with E-state index in [2.05, 4.69) is 57.9 Å². The van der Waals surface area contributed by atoms with Crippen LogP contribution in [0.25, 0.3) is 22.5 Å². The average Bonchev–Trinajstić information content (AvgIpc) is 3.20. The summed E-state index contributed by atoms with van der Waals surface area (Å²) in [6.45, 7) is 2.26. The van der Waals surface area contributed by atoms with E-state index in [1.165, 1.54) is 56.1 Å². The number of nitrogens with one attached hydrogen (secondary N) is 1. The van der Waals surface area contributed by atoms with Crippen molar-refractivity contribution >= 4 is 0 Å². The maximum atomic E-state index is 4.11. The highest BCUT2D eigenvalue weighted by Crippen LogP contribution is 2.29. The fraction of sp³-hybridized carbons (Fsp3) is 0.381. The number of unbranched alkanes of at least 4 members (excludes halogenated alkanes) is 5. The van der Waals surface area contributed by atoms with Crippen molar-refractivity contribution in [3.63, 3.8) is 0 Å². The molecule has 0 saturated heterocycles. The molecular formula is C21H26N4. The molecular weight excluding hydrogens is 308 g/mol. The van der Waals surface area contributed by atoms with Gasteiger partial charge < -0.3 is 0 Å². The maximum absolute atomic E-state index is 4.11. The van der Waals surface area contributed by atoms with Gasteiger partial charge in [0, 0.05) is 5.56 Å². The van der Waals surface area contributed by atoms with Crippen LogP contribution in [0, 0.1) is 0 Å². The van der Waals surface area contributed by atoms with Crippen LogP contribution in [-0.4, -0.2) is 20.6 Å². The monoisotopic (exact) mass is 334 g/mol. The molecule has 0 spiro atoms. The first-order valence-corrected chi connectivity index (χ1v) is 9.30. The molecule has 130 valence electrons. The van der Waals surface area contributed by atoms with Crippen molar-refractivity contribution in [3.8, 4) is 22.5 Å². The fourth-order valence-electron chi connectivity index (χ4n) is 3.17. The Bertz CT molecular complexity index is 748. The highest BCUT2D eigenvalue weighted by Gasteiger charge is 2.10. The molecule has 0 radical (unpaired) electrons. The van der Waals surface area contributed by atoms with E-state index in [0.717, 1.165) is 11.1 Å². The van der Waals surface area contributed by atoms with Crippen LogP contribution in [0.1, 0.15) is 51.0 Å². The lowest BCUT2D eigenvalue weighted by atomic mass is 9.97. The summed E-state index contributed by atoms with van der Waals surface area (Å²) in [5.41, 5.74) is 4.73. The molecule has 4 heteroatoms. The number of nitrogens with zero attached hydrogens (tertiary/aromatic N) is 3. The Balaban J connectivity index is 1.63. The molecule has 0 atom stereocenters. The van der Waals surface area contributed by atoms with Gasteiger partial charge in [0.05, 0.1) is 0 Å². The Morgan fingerprint density at radius 3 is 2.24 bits per heavy atom. The molecule has 4 nitrogen and oxygen atoms in total. The third kappa shape index (κ3) is 4.75. The van der Waals surface area contributed by atoms with Crippen molar-refractivity contribution < 1.29 is 0 Å². The normalized spacial score (nSPS) is 10.9. The largest absolute Gasteiger partial charge is 0.205 e. The SMILES string of the molecule is CCCCCCCCc1ccc(-c2ccccc2-c2nn[nH]n2)cc1. The van der Waals surface area contributed by atoms with Gasteiger partial charge in [-0.1, -0.05) is 87.6 Å². The van der Waals surface area contributed by atoms with Gasteiger partial charge in [-0.3, -0.25) is 0 Å². The van der Waals surface area contributed by atoms with E-state index >= 15 is 0 Å². The number of rotatable bonds is 9. The van der Waals surface area contributed by atoms with Crippen LogP contribution in [0.4, 0.5) is 0 Å². The lowest BCUT2D eigenvalue weighted by Crippen LogP contribution is -1.89. The number of aromatic amines is 1. The summed E-state index contributed by atoms with van der Waals surface area (Å²) in [5.74, 6) is 0.631. The molecule has 3 rings (SSSR count). The second kappa shape index (κ2) is 9.11. The molecule has 0 aliphatic heterocycles. The number of benzene rings is 2. The molecule has 0 aliphatic rings. The van der Waals surface area contributed by atoms with Gasteiger partial charge >= 0.3 is 0 Å². The highest BCUT2D eigenvalue weighted by molar-refractivity contribution is 5.80. The zero-order chi connectivity index (χ0) is 17.3. The van der Waals surface area contributed by atoms with Crippen molar-refractivity contribution in [2.45, 2.75) is 51.9 Å². The van der Waals surface area contributed by atoms with Crippen LogP contribution in [0.5, 0.6) is 0 Å².